The van der Waals surface area contributed by atoms with Gasteiger partial charge in [0.25, 0.3) is 0 Å². The van der Waals surface area contributed by atoms with Crippen LogP contribution in [0.3, 0.4) is 0 Å². The van der Waals surface area contributed by atoms with Crippen molar-refractivity contribution in [3.05, 3.63) is 59.4 Å². The third kappa shape index (κ3) is 3.45. The second-order valence-corrected chi connectivity index (χ2v) is 4.11. The first-order valence-corrected chi connectivity index (χ1v) is 5.97. The van der Waals surface area contributed by atoms with E-state index in [-0.39, 0.29) is 12.4 Å². The number of ether oxygens (including phenoxy) is 2. The van der Waals surface area contributed by atoms with Gasteiger partial charge in [0.05, 0.1) is 7.11 Å². The quantitative estimate of drug-likeness (QED) is 0.900. The van der Waals surface area contributed by atoms with Crippen LogP contribution in [-0.2, 0) is 13.2 Å². The van der Waals surface area contributed by atoms with Crippen LogP contribution in [0.1, 0.15) is 11.1 Å². The maximum absolute atomic E-state index is 13.7. The zero-order valence-corrected chi connectivity index (χ0v) is 10.7. The van der Waals surface area contributed by atoms with E-state index in [0.717, 1.165) is 16.9 Å². The Kier molecular flexibility index (Phi) is 4.36. The van der Waals surface area contributed by atoms with Gasteiger partial charge in [-0.1, -0.05) is 18.2 Å². The molecule has 2 N–H and O–H groups in total. The standard InChI is InChI=1S/C15H16FNO2/c1-18-13-4-2-3-12(7-13)10-19-15-6-5-11(9-17)8-14(15)16/h2-8H,9-10,17H2,1H3. The predicted molar refractivity (Wildman–Crippen MR) is 71.6 cm³/mol. The molecule has 2 aromatic carbocycles. The third-order valence-electron chi connectivity index (χ3n) is 2.76. The Hall–Kier alpha value is -2.07. The summed E-state index contributed by atoms with van der Waals surface area (Å²) in [5, 5.41) is 0. The zero-order valence-electron chi connectivity index (χ0n) is 10.7. The molecule has 2 aromatic rings. The summed E-state index contributed by atoms with van der Waals surface area (Å²) in [6.07, 6.45) is 0. The Balaban J connectivity index is 2.05. The molecule has 0 aliphatic carbocycles. The highest BCUT2D eigenvalue weighted by molar-refractivity contribution is 5.31. The van der Waals surface area contributed by atoms with Crippen molar-refractivity contribution in [2.45, 2.75) is 13.2 Å². The first-order chi connectivity index (χ1) is 9.22. The molecule has 19 heavy (non-hydrogen) atoms. The Labute approximate surface area is 111 Å². The van der Waals surface area contributed by atoms with Crippen molar-refractivity contribution in [2.24, 2.45) is 5.73 Å². The molecule has 100 valence electrons. The van der Waals surface area contributed by atoms with E-state index in [9.17, 15) is 4.39 Å². The van der Waals surface area contributed by atoms with Gasteiger partial charge < -0.3 is 15.2 Å². The minimum atomic E-state index is -0.397. The van der Waals surface area contributed by atoms with E-state index in [2.05, 4.69) is 0 Å². The molecule has 0 fully saturated rings. The molecular formula is C15H16FNO2. The van der Waals surface area contributed by atoms with Gasteiger partial charge in [0.15, 0.2) is 11.6 Å². The molecule has 0 spiro atoms. The van der Waals surface area contributed by atoms with Gasteiger partial charge in [0.2, 0.25) is 0 Å². The van der Waals surface area contributed by atoms with E-state index in [1.54, 1.807) is 19.2 Å². The Morgan fingerprint density at radius 3 is 2.63 bits per heavy atom. The molecule has 0 saturated heterocycles. The molecule has 0 unspecified atom stereocenters. The van der Waals surface area contributed by atoms with E-state index in [1.165, 1.54) is 6.07 Å². The number of hydrogen-bond donors (Lipinski definition) is 1. The van der Waals surface area contributed by atoms with Crippen molar-refractivity contribution in [1.82, 2.24) is 0 Å². The molecule has 0 aliphatic rings. The van der Waals surface area contributed by atoms with E-state index in [1.807, 2.05) is 24.3 Å². The summed E-state index contributed by atoms with van der Waals surface area (Å²) >= 11 is 0. The average molecular weight is 261 g/mol. The van der Waals surface area contributed by atoms with E-state index >= 15 is 0 Å². The maximum Gasteiger partial charge on any atom is 0.165 e. The molecule has 0 bridgehead atoms. The summed E-state index contributed by atoms with van der Waals surface area (Å²) in [4.78, 5) is 0. The highest BCUT2D eigenvalue weighted by atomic mass is 19.1. The first kappa shape index (κ1) is 13.4. The van der Waals surface area contributed by atoms with Gasteiger partial charge in [-0.05, 0) is 35.4 Å². The molecule has 0 heterocycles. The van der Waals surface area contributed by atoms with Crippen molar-refractivity contribution in [3.8, 4) is 11.5 Å². The van der Waals surface area contributed by atoms with Crippen molar-refractivity contribution in [2.75, 3.05) is 7.11 Å². The SMILES string of the molecule is COc1cccc(COc2ccc(CN)cc2F)c1. The van der Waals surface area contributed by atoms with Gasteiger partial charge in [-0.3, -0.25) is 0 Å². The van der Waals surface area contributed by atoms with Crippen LogP contribution in [0.5, 0.6) is 11.5 Å². The number of methoxy groups -OCH3 is 1. The zero-order chi connectivity index (χ0) is 13.7. The average Bonchev–Trinajstić information content (AvgIpc) is 2.46. The van der Waals surface area contributed by atoms with E-state index in [0.29, 0.717) is 6.54 Å². The minimum absolute atomic E-state index is 0.222. The highest BCUT2D eigenvalue weighted by Gasteiger charge is 2.05. The second kappa shape index (κ2) is 6.20. The molecule has 0 atom stereocenters. The van der Waals surface area contributed by atoms with Crippen LogP contribution in [0, 0.1) is 5.82 Å². The number of benzene rings is 2. The largest absolute Gasteiger partial charge is 0.497 e. The lowest BCUT2D eigenvalue weighted by Gasteiger charge is -2.09. The van der Waals surface area contributed by atoms with Crippen LogP contribution in [0.2, 0.25) is 0 Å². The summed E-state index contributed by atoms with van der Waals surface area (Å²) in [5.74, 6) is 0.575. The van der Waals surface area contributed by atoms with Gasteiger partial charge in [-0.25, -0.2) is 4.39 Å². The molecule has 0 saturated carbocycles. The monoisotopic (exact) mass is 261 g/mol. The number of hydrogen-bond acceptors (Lipinski definition) is 3. The molecule has 3 nitrogen and oxygen atoms in total. The van der Waals surface area contributed by atoms with Crippen LogP contribution in [0.4, 0.5) is 4.39 Å². The van der Waals surface area contributed by atoms with Crippen LogP contribution in [0.15, 0.2) is 42.5 Å². The summed E-state index contributed by atoms with van der Waals surface area (Å²) in [5.41, 5.74) is 7.10. The fraction of sp³-hybridized carbons (Fsp3) is 0.200. The van der Waals surface area contributed by atoms with Crippen LogP contribution < -0.4 is 15.2 Å². The summed E-state index contributed by atoms with van der Waals surface area (Å²) < 4.78 is 24.2. The van der Waals surface area contributed by atoms with Gasteiger partial charge in [0.1, 0.15) is 12.4 Å². The Bertz CT molecular complexity index is 558. The molecule has 4 heteroatoms. The molecule has 0 aliphatic heterocycles. The fourth-order valence-electron chi connectivity index (χ4n) is 1.71. The lowest BCUT2D eigenvalue weighted by molar-refractivity contribution is 0.289. The summed E-state index contributed by atoms with van der Waals surface area (Å²) in [6.45, 7) is 0.600. The fourth-order valence-corrected chi connectivity index (χ4v) is 1.71. The molecule has 2 rings (SSSR count). The minimum Gasteiger partial charge on any atom is -0.497 e. The topological polar surface area (TPSA) is 44.5 Å². The lowest BCUT2D eigenvalue weighted by Crippen LogP contribution is -2.00. The Morgan fingerprint density at radius 1 is 1.11 bits per heavy atom. The highest BCUT2D eigenvalue weighted by Crippen LogP contribution is 2.20. The molecule has 0 radical (unpaired) electrons. The van der Waals surface area contributed by atoms with Crippen LogP contribution in [-0.4, -0.2) is 7.11 Å². The smallest absolute Gasteiger partial charge is 0.165 e. The van der Waals surface area contributed by atoms with Crippen molar-refractivity contribution in [3.63, 3.8) is 0 Å². The maximum atomic E-state index is 13.7. The van der Waals surface area contributed by atoms with Gasteiger partial charge in [0, 0.05) is 6.54 Å². The normalized spacial score (nSPS) is 10.3. The lowest BCUT2D eigenvalue weighted by atomic mass is 10.2. The molecule has 0 amide bonds. The first-order valence-electron chi connectivity index (χ1n) is 5.97. The van der Waals surface area contributed by atoms with Crippen molar-refractivity contribution in [1.29, 1.82) is 0 Å². The predicted octanol–water partition coefficient (Wildman–Crippen LogP) is 2.87. The number of halogens is 1. The second-order valence-electron chi connectivity index (χ2n) is 4.11. The van der Waals surface area contributed by atoms with Crippen LogP contribution >= 0.6 is 0 Å². The van der Waals surface area contributed by atoms with Gasteiger partial charge in [-0.2, -0.15) is 0 Å². The third-order valence-corrected chi connectivity index (χ3v) is 2.76. The van der Waals surface area contributed by atoms with Gasteiger partial charge >= 0.3 is 0 Å². The van der Waals surface area contributed by atoms with Crippen LogP contribution in [0.25, 0.3) is 0 Å². The Morgan fingerprint density at radius 2 is 1.95 bits per heavy atom. The van der Waals surface area contributed by atoms with Gasteiger partial charge in [-0.15, -0.1) is 0 Å². The van der Waals surface area contributed by atoms with Crippen molar-refractivity contribution >= 4 is 0 Å². The number of nitrogens with two attached hydrogens (primary N) is 1. The molecule has 0 aromatic heterocycles. The number of rotatable bonds is 5. The van der Waals surface area contributed by atoms with Crippen molar-refractivity contribution < 1.29 is 13.9 Å². The van der Waals surface area contributed by atoms with E-state index in [4.69, 9.17) is 15.2 Å². The van der Waals surface area contributed by atoms with E-state index < -0.39 is 5.82 Å². The molecular weight excluding hydrogens is 245 g/mol. The summed E-state index contributed by atoms with van der Waals surface area (Å²) in [6, 6.07) is 12.2. The summed E-state index contributed by atoms with van der Waals surface area (Å²) in [7, 11) is 1.60.